The Morgan fingerprint density at radius 1 is 1.09 bits per heavy atom. The van der Waals surface area contributed by atoms with E-state index in [0.717, 1.165) is 29.8 Å². The van der Waals surface area contributed by atoms with Gasteiger partial charge in [0.2, 0.25) is 5.91 Å². The highest BCUT2D eigenvalue weighted by molar-refractivity contribution is 7.99. The van der Waals surface area contributed by atoms with Crippen LogP contribution < -0.4 is 5.32 Å². The minimum Gasteiger partial charge on any atom is -0.310 e. The van der Waals surface area contributed by atoms with Crippen molar-refractivity contribution in [2.24, 2.45) is 7.05 Å². The largest absolute Gasteiger partial charge is 0.310 e. The Morgan fingerprint density at radius 2 is 1.85 bits per heavy atom. The number of benzene rings is 1. The lowest BCUT2D eigenvalue weighted by Gasteiger charge is -2.17. The van der Waals surface area contributed by atoms with Crippen molar-refractivity contribution in [3.8, 4) is 17.1 Å². The third-order valence-electron chi connectivity index (χ3n) is 5.34. The van der Waals surface area contributed by atoms with Gasteiger partial charge in [-0.25, -0.2) is 0 Å². The third-order valence-corrected chi connectivity index (χ3v) is 6.27. The SMILES string of the molecule is CCc1cccc(CC)c1-n1c(SCC(=O)Nc2cc(C)nn2C)nnc1-c1cccnc1. The molecule has 4 aromatic rings. The number of rotatable bonds is 8. The monoisotopic (exact) mass is 461 g/mol. The predicted molar refractivity (Wildman–Crippen MR) is 131 cm³/mol. The van der Waals surface area contributed by atoms with Crippen molar-refractivity contribution in [1.82, 2.24) is 29.5 Å². The van der Waals surface area contributed by atoms with Gasteiger partial charge < -0.3 is 5.32 Å². The van der Waals surface area contributed by atoms with E-state index in [1.54, 1.807) is 24.1 Å². The second-order valence-corrected chi connectivity index (χ2v) is 8.59. The molecule has 0 aliphatic carbocycles. The third kappa shape index (κ3) is 4.83. The van der Waals surface area contributed by atoms with Crippen LogP contribution in [0.1, 0.15) is 30.7 Å². The molecule has 0 saturated carbocycles. The Kier molecular flexibility index (Phi) is 6.88. The lowest BCUT2D eigenvalue weighted by Crippen LogP contribution is -2.17. The van der Waals surface area contributed by atoms with E-state index in [-0.39, 0.29) is 11.7 Å². The van der Waals surface area contributed by atoms with Crippen LogP contribution in [0.4, 0.5) is 5.82 Å². The number of aromatic nitrogens is 6. The van der Waals surface area contributed by atoms with Gasteiger partial charge in [-0.3, -0.25) is 19.0 Å². The number of nitrogens with one attached hydrogen (secondary N) is 1. The van der Waals surface area contributed by atoms with Crippen molar-refractivity contribution in [2.45, 2.75) is 38.8 Å². The Bertz CT molecular complexity index is 1240. The van der Waals surface area contributed by atoms with E-state index in [9.17, 15) is 4.79 Å². The molecule has 3 aromatic heterocycles. The summed E-state index contributed by atoms with van der Waals surface area (Å²) in [5.74, 6) is 1.45. The normalized spacial score (nSPS) is 11.0. The molecule has 0 aliphatic heterocycles. The molecule has 0 saturated heterocycles. The topological polar surface area (TPSA) is 90.5 Å². The van der Waals surface area contributed by atoms with Crippen LogP contribution in [0, 0.1) is 6.92 Å². The molecule has 8 nitrogen and oxygen atoms in total. The van der Waals surface area contributed by atoms with Crippen molar-refractivity contribution in [3.05, 3.63) is 65.6 Å². The van der Waals surface area contributed by atoms with Gasteiger partial charge in [-0.2, -0.15) is 5.10 Å². The number of amides is 1. The summed E-state index contributed by atoms with van der Waals surface area (Å²) in [6.45, 7) is 6.17. The van der Waals surface area contributed by atoms with Crippen molar-refractivity contribution in [3.63, 3.8) is 0 Å². The molecule has 1 N–H and O–H groups in total. The molecule has 0 radical (unpaired) electrons. The lowest BCUT2D eigenvalue weighted by atomic mass is 10.0. The number of anilines is 1. The summed E-state index contributed by atoms with van der Waals surface area (Å²) >= 11 is 1.36. The molecule has 3 heterocycles. The highest BCUT2D eigenvalue weighted by Crippen LogP contribution is 2.32. The molecule has 33 heavy (non-hydrogen) atoms. The number of aryl methyl sites for hydroxylation is 4. The minimum atomic E-state index is -0.125. The Morgan fingerprint density at radius 3 is 2.45 bits per heavy atom. The zero-order chi connectivity index (χ0) is 23.4. The van der Waals surface area contributed by atoms with E-state index in [1.807, 2.05) is 25.1 Å². The number of para-hydroxylation sites is 1. The number of thioether (sulfide) groups is 1. The summed E-state index contributed by atoms with van der Waals surface area (Å²) in [5.41, 5.74) is 5.22. The first-order valence-electron chi connectivity index (χ1n) is 10.9. The van der Waals surface area contributed by atoms with Crippen LogP contribution in [0.2, 0.25) is 0 Å². The number of hydrogen-bond acceptors (Lipinski definition) is 6. The summed E-state index contributed by atoms with van der Waals surface area (Å²) in [5, 5.41) is 16.8. The molecule has 0 spiro atoms. The van der Waals surface area contributed by atoms with E-state index in [4.69, 9.17) is 0 Å². The molecule has 0 aliphatic rings. The number of nitrogens with zero attached hydrogens (tertiary/aromatic N) is 6. The van der Waals surface area contributed by atoms with E-state index in [1.165, 1.54) is 22.9 Å². The summed E-state index contributed by atoms with van der Waals surface area (Å²) in [6.07, 6.45) is 5.27. The average molecular weight is 462 g/mol. The molecule has 4 rings (SSSR count). The molecule has 0 unspecified atom stereocenters. The molecule has 0 bridgehead atoms. The van der Waals surface area contributed by atoms with Crippen molar-refractivity contribution in [1.29, 1.82) is 0 Å². The van der Waals surface area contributed by atoms with Gasteiger partial charge in [0.25, 0.3) is 0 Å². The summed E-state index contributed by atoms with van der Waals surface area (Å²) in [6, 6.07) is 12.1. The molecular weight excluding hydrogens is 434 g/mol. The first-order chi connectivity index (χ1) is 16.0. The predicted octanol–water partition coefficient (Wildman–Crippen LogP) is 4.23. The smallest absolute Gasteiger partial charge is 0.235 e. The first-order valence-corrected chi connectivity index (χ1v) is 11.9. The van der Waals surface area contributed by atoms with E-state index in [2.05, 4.69) is 62.2 Å². The van der Waals surface area contributed by atoms with Gasteiger partial charge >= 0.3 is 0 Å². The van der Waals surface area contributed by atoms with Crippen molar-refractivity contribution < 1.29 is 4.79 Å². The number of carbonyl (C=O) groups is 1. The highest BCUT2D eigenvalue weighted by Gasteiger charge is 2.21. The van der Waals surface area contributed by atoms with E-state index < -0.39 is 0 Å². The van der Waals surface area contributed by atoms with Gasteiger partial charge in [0.1, 0.15) is 5.82 Å². The van der Waals surface area contributed by atoms with Crippen LogP contribution in [-0.2, 0) is 24.7 Å². The molecule has 0 atom stereocenters. The fourth-order valence-electron chi connectivity index (χ4n) is 3.79. The zero-order valence-electron chi connectivity index (χ0n) is 19.2. The summed E-state index contributed by atoms with van der Waals surface area (Å²) < 4.78 is 3.73. The molecular formula is C24H27N7OS. The van der Waals surface area contributed by atoms with Gasteiger partial charge in [-0.05, 0) is 43.0 Å². The maximum atomic E-state index is 12.7. The first kappa shape index (κ1) is 22.7. The van der Waals surface area contributed by atoms with E-state index >= 15 is 0 Å². The van der Waals surface area contributed by atoms with Gasteiger partial charge in [0.05, 0.1) is 17.1 Å². The van der Waals surface area contributed by atoms with Crippen molar-refractivity contribution in [2.75, 3.05) is 11.1 Å². The maximum Gasteiger partial charge on any atom is 0.235 e. The number of hydrogen-bond donors (Lipinski definition) is 1. The van der Waals surface area contributed by atoms with Crippen LogP contribution in [-0.4, -0.2) is 41.2 Å². The number of pyridine rings is 1. The fraction of sp³-hybridized carbons (Fsp3) is 0.292. The molecule has 0 fully saturated rings. The quantitative estimate of drug-likeness (QED) is 0.395. The standard InChI is InChI=1S/C24H27N7OS/c1-5-17-9-7-10-18(6-2)22(17)31-23(19-11-8-12-25-14-19)27-28-24(31)33-15-21(32)26-20-13-16(3)29-30(20)4/h7-14H,5-6,15H2,1-4H3,(H,26,32). The molecule has 1 amide bonds. The maximum absolute atomic E-state index is 12.7. The summed E-state index contributed by atoms with van der Waals surface area (Å²) in [4.78, 5) is 16.9. The average Bonchev–Trinajstić information content (AvgIpc) is 3.39. The Labute approximate surface area is 197 Å². The fourth-order valence-corrected chi connectivity index (χ4v) is 4.52. The second-order valence-electron chi connectivity index (χ2n) is 7.65. The van der Waals surface area contributed by atoms with Crippen LogP contribution in [0.15, 0.2) is 53.9 Å². The van der Waals surface area contributed by atoms with Crippen LogP contribution >= 0.6 is 11.8 Å². The highest BCUT2D eigenvalue weighted by atomic mass is 32.2. The number of carbonyl (C=O) groups excluding carboxylic acids is 1. The van der Waals surface area contributed by atoms with Gasteiger partial charge in [-0.15, -0.1) is 10.2 Å². The Balaban J connectivity index is 1.70. The van der Waals surface area contributed by atoms with Gasteiger partial charge in [-0.1, -0.05) is 43.8 Å². The lowest BCUT2D eigenvalue weighted by molar-refractivity contribution is -0.113. The second kappa shape index (κ2) is 9.99. The van der Waals surface area contributed by atoms with Gasteiger partial charge in [0, 0.05) is 31.1 Å². The van der Waals surface area contributed by atoms with Crippen molar-refractivity contribution >= 4 is 23.5 Å². The zero-order valence-corrected chi connectivity index (χ0v) is 20.1. The minimum absolute atomic E-state index is 0.125. The van der Waals surface area contributed by atoms with Crippen LogP contribution in [0.5, 0.6) is 0 Å². The van der Waals surface area contributed by atoms with Crippen LogP contribution in [0.25, 0.3) is 17.1 Å². The molecule has 9 heteroatoms. The molecule has 1 aromatic carbocycles. The van der Waals surface area contributed by atoms with Gasteiger partial charge in [0.15, 0.2) is 11.0 Å². The molecule has 170 valence electrons. The summed E-state index contributed by atoms with van der Waals surface area (Å²) in [7, 11) is 1.81. The van der Waals surface area contributed by atoms with Crippen LogP contribution in [0.3, 0.4) is 0 Å². The van der Waals surface area contributed by atoms with E-state index in [0.29, 0.717) is 16.8 Å². The Hall–Kier alpha value is -3.46.